The van der Waals surface area contributed by atoms with Gasteiger partial charge in [0.05, 0.1) is 5.69 Å². The van der Waals surface area contributed by atoms with E-state index >= 15 is 0 Å². The number of hydrogen-bond acceptors (Lipinski definition) is 2. The van der Waals surface area contributed by atoms with Crippen molar-refractivity contribution < 1.29 is 14.0 Å². The fourth-order valence-corrected chi connectivity index (χ4v) is 3.17. The van der Waals surface area contributed by atoms with Crippen molar-refractivity contribution in [3.63, 3.8) is 0 Å². The van der Waals surface area contributed by atoms with Gasteiger partial charge in [-0.15, -0.1) is 0 Å². The number of anilines is 1. The third-order valence-electron chi connectivity index (χ3n) is 4.59. The number of halogens is 1. The van der Waals surface area contributed by atoms with E-state index in [9.17, 15) is 14.0 Å². The van der Waals surface area contributed by atoms with Crippen molar-refractivity contribution in [2.24, 2.45) is 5.92 Å². The molecule has 0 bridgehead atoms. The molecule has 5 heteroatoms. The number of amides is 2. The molecular formula is C20H21FN2O2. The second-order valence-corrected chi connectivity index (χ2v) is 6.36. The molecule has 1 saturated heterocycles. The summed E-state index contributed by atoms with van der Waals surface area (Å²) in [6, 6.07) is 16.1. The van der Waals surface area contributed by atoms with Gasteiger partial charge in [-0.3, -0.25) is 9.59 Å². The summed E-state index contributed by atoms with van der Waals surface area (Å²) in [6.45, 7) is 1.11. The summed E-state index contributed by atoms with van der Waals surface area (Å²) < 4.78 is 13.6. The SMILES string of the molecule is O=C(Nc1ccccc1F)C(=O)N1CCC(Cc2ccccc2)CC1. The highest BCUT2D eigenvalue weighted by Gasteiger charge is 2.27. The van der Waals surface area contributed by atoms with Crippen LogP contribution in [0.2, 0.25) is 0 Å². The predicted molar refractivity (Wildman–Crippen MR) is 94.5 cm³/mol. The fourth-order valence-electron chi connectivity index (χ4n) is 3.17. The number of para-hydroxylation sites is 1. The number of likely N-dealkylation sites (tertiary alicyclic amines) is 1. The van der Waals surface area contributed by atoms with Crippen molar-refractivity contribution in [3.8, 4) is 0 Å². The van der Waals surface area contributed by atoms with Crippen LogP contribution >= 0.6 is 0 Å². The molecule has 1 N–H and O–H groups in total. The molecule has 1 heterocycles. The lowest BCUT2D eigenvalue weighted by Gasteiger charge is -2.31. The van der Waals surface area contributed by atoms with Gasteiger partial charge in [0.15, 0.2) is 0 Å². The Balaban J connectivity index is 1.51. The van der Waals surface area contributed by atoms with Crippen molar-refractivity contribution in [2.45, 2.75) is 19.3 Å². The number of carbonyl (C=O) groups excluding carboxylic acids is 2. The van der Waals surface area contributed by atoms with Gasteiger partial charge in [0.1, 0.15) is 5.82 Å². The van der Waals surface area contributed by atoms with Crippen LogP contribution in [0.15, 0.2) is 54.6 Å². The molecule has 1 fully saturated rings. The molecule has 4 nitrogen and oxygen atoms in total. The van der Waals surface area contributed by atoms with E-state index in [1.54, 1.807) is 11.0 Å². The Kier molecular flexibility index (Phi) is 5.43. The van der Waals surface area contributed by atoms with Crippen LogP contribution in [0.4, 0.5) is 10.1 Å². The minimum Gasteiger partial charge on any atom is -0.334 e. The maximum atomic E-state index is 13.6. The normalized spacial score (nSPS) is 15.0. The Bertz CT molecular complexity index is 740. The van der Waals surface area contributed by atoms with Crippen molar-refractivity contribution in [1.29, 1.82) is 0 Å². The predicted octanol–water partition coefficient (Wildman–Crippen LogP) is 3.25. The Morgan fingerprint density at radius 3 is 2.32 bits per heavy atom. The summed E-state index contributed by atoms with van der Waals surface area (Å²) in [5.41, 5.74) is 1.32. The zero-order valence-electron chi connectivity index (χ0n) is 14.0. The number of rotatable bonds is 3. The summed E-state index contributed by atoms with van der Waals surface area (Å²) in [6.07, 6.45) is 2.73. The summed E-state index contributed by atoms with van der Waals surface area (Å²) in [4.78, 5) is 25.9. The number of carbonyl (C=O) groups is 2. The van der Waals surface area contributed by atoms with Gasteiger partial charge in [0.25, 0.3) is 0 Å². The number of piperidine rings is 1. The molecule has 2 aromatic carbocycles. The van der Waals surface area contributed by atoms with Gasteiger partial charge in [0.2, 0.25) is 0 Å². The molecule has 1 aliphatic heterocycles. The topological polar surface area (TPSA) is 49.4 Å². The van der Waals surface area contributed by atoms with Crippen molar-refractivity contribution in [3.05, 3.63) is 66.0 Å². The standard InChI is InChI=1S/C20H21FN2O2/c21-17-8-4-5-9-18(17)22-19(24)20(25)23-12-10-16(11-13-23)14-15-6-2-1-3-7-15/h1-9,16H,10-14H2,(H,22,24). The molecule has 0 unspecified atom stereocenters. The van der Waals surface area contributed by atoms with Gasteiger partial charge in [-0.05, 0) is 42.9 Å². The highest BCUT2D eigenvalue weighted by Crippen LogP contribution is 2.22. The smallest absolute Gasteiger partial charge is 0.313 e. The van der Waals surface area contributed by atoms with Crippen molar-refractivity contribution >= 4 is 17.5 Å². The van der Waals surface area contributed by atoms with Crippen LogP contribution in [-0.4, -0.2) is 29.8 Å². The van der Waals surface area contributed by atoms with Crippen molar-refractivity contribution in [2.75, 3.05) is 18.4 Å². The summed E-state index contributed by atoms with van der Waals surface area (Å²) in [5.74, 6) is -1.42. The highest BCUT2D eigenvalue weighted by atomic mass is 19.1. The van der Waals surface area contributed by atoms with E-state index in [0.717, 1.165) is 19.3 Å². The minimum absolute atomic E-state index is 0.0276. The zero-order valence-corrected chi connectivity index (χ0v) is 14.0. The molecule has 1 aliphatic rings. The molecule has 2 amide bonds. The summed E-state index contributed by atoms with van der Waals surface area (Å²) in [7, 11) is 0. The maximum absolute atomic E-state index is 13.6. The third kappa shape index (κ3) is 4.44. The Hall–Kier alpha value is -2.69. The van der Waals surface area contributed by atoms with E-state index in [2.05, 4.69) is 17.4 Å². The molecule has 3 rings (SSSR count). The average molecular weight is 340 g/mol. The van der Waals surface area contributed by atoms with Crippen LogP contribution < -0.4 is 5.32 Å². The monoisotopic (exact) mass is 340 g/mol. The van der Waals surface area contributed by atoms with E-state index in [0.29, 0.717) is 19.0 Å². The molecule has 2 aromatic rings. The molecule has 0 radical (unpaired) electrons. The molecular weight excluding hydrogens is 319 g/mol. The summed E-state index contributed by atoms with van der Waals surface area (Å²) >= 11 is 0. The van der Waals surface area contributed by atoms with E-state index < -0.39 is 17.6 Å². The lowest BCUT2D eigenvalue weighted by atomic mass is 9.90. The number of nitrogens with one attached hydrogen (secondary N) is 1. The van der Waals surface area contributed by atoms with E-state index in [1.807, 2.05) is 18.2 Å². The van der Waals surface area contributed by atoms with E-state index in [1.165, 1.54) is 23.8 Å². The third-order valence-corrected chi connectivity index (χ3v) is 4.59. The molecule has 0 spiro atoms. The van der Waals surface area contributed by atoms with Gasteiger partial charge in [0, 0.05) is 13.1 Å². The van der Waals surface area contributed by atoms with Crippen LogP contribution in [0, 0.1) is 11.7 Å². The van der Waals surface area contributed by atoms with Crippen LogP contribution in [-0.2, 0) is 16.0 Å². The van der Waals surface area contributed by atoms with Gasteiger partial charge in [-0.25, -0.2) is 4.39 Å². The lowest BCUT2D eigenvalue weighted by Crippen LogP contribution is -2.44. The molecule has 0 atom stereocenters. The zero-order chi connectivity index (χ0) is 17.6. The Morgan fingerprint density at radius 2 is 1.64 bits per heavy atom. The highest BCUT2D eigenvalue weighted by molar-refractivity contribution is 6.39. The van der Waals surface area contributed by atoms with E-state index in [4.69, 9.17) is 0 Å². The minimum atomic E-state index is -0.786. The maximum Gasteiger partial charge on any atom is 0.313 e. The van der Waals surface area contributed by atoms with Crippen LogP contribution in [0.25, 0.3) is 0 Å². The molecule has 0 saturated carbocycles. The number of hydrogen-bond donors (Lipinski definition) is 1. The summed E-state index contributed by atoms with van der Waals surface area (Å²) in [5, 5.41) is 2.35. The van der Waals surface area contributed by atoms with Crippen molar-refractivity contribution in [1.82, 2.24) is 4.90 Å². The fraction of sp³-hybridized carbons (Fsp3) is 0.300. The van der Waals surface area contributed by atoms with Gasteiger partial charge in [-0.2, -0.15) is 0 Å². The molecule has 130 valence electrons. The van der Waals surface area contributed by atoms with E-state index in [-0.39, 0.29) is 5.69 Å². The lowest BCUT2D eigenvalue weighted by molar-refractivity contribution is -0.144. The van der Waals surface area contributed by atoms with Crippen LogP contribution in [0.3, 0.4) is 0 Å². The largest absolute Gasteiger partial charge is 0.334 e. The number of benzene rings is 2. The second kappa shape index (κ2) is 7.92. The first-order valence-electron chi connectivity index (χ1n) is 8.52. The average Bonchev–Trinajstić information content (AvgIpc) is 2.64. The second-order valence-electron chi connectivity index (χ2n) is 6.36. The van der Waals surface area contributed by atoms with Crippen LogP contribution in [0.1, 0.15) is 18.4 Å². The van der Waals surface area contributed by atoms with Gasteiger partial charge < -0.3 is 10.2 Å². The Labute approximate surface area is 146 Å². The van der Waals surface area contributed by atoms with Gasteiger partial charge >= 0.3 is 11.8 Å². The van der Waals surface area contributed by atoms with Crippen LogP contribution in [0.5, 0.6) is 0 Å². The first-order valence-corrected chi connectivity index (χ1v) is 8.52. The Morgan fingerprint density at radius 1 is 1.00 bits per heavy atom. The first kappa shape index (κ1) is 17.1. The quantitative estimate of drug-likeness (QED) is 0.872. The first-order chi connectivity index (χ1) is 12.1. The molecule has 0 aliphatic carbocycles. The number of nitrogens with zero attached hydrogens (tertiary/aromatic N) is 1. The molecule has 25 heavy (non-hydrogen) atoms. The van der Waals surface area contributed by atoms with Gasteiger partial charge in [-0.1, -0.05) is 42.5 Å². The molecule has 0 aromatic heterocycles.